The molecule has 0 fully saturated rings. The second-order valence-electron chi connectivity index (χ2n) is 9.95. The third-order valence-corrected chi connectivity index (χ3v) is 10.5. The van der Waals surface area contributed by atoms with Crippen molar-refractivity contribution < 1.29 is 30.2 Å². The number of rotatable bonds is 10. The van der Waals surface area contributed by atoms with E-state index in [-0.39, 0.29) is 32.1 Å². The van der Waals surface area contributed by atoms with Gasteiger partial charge in [-0.05, 0) is 66.6 Å². The van der Waals surface area contributed by atoms with Crippen molar-refractivity contribution in [1.82, 2.24) is 14.9 Å². The van der Waals surface area contributed by atoms with Gasteiger partial charge in [-0.2, -0.15) is 8.42 Å². The van der Waals surface area contributed by atoms with Gasteiger partial charge in [-0.3, -0.25) is 4.57 Å². The van der Waals surface area contributed by atoms with Gasteiger partial charge in [0.15, 0.2) is 5.16 Å². The van der Waals surface area contributed by atoms with Crippen LogP contribution >= 0.6 is 35.0 Å². The summed E-state index contributed by atoms with van der Waals surface area (Å²) in [5, 5.41) is 8.13. The molecule has 3 aromatic carbocycles. The molecule has 10 nitrogen and oxygen atoms in total. The lowest BCUT2D eigenvalue weighted by Gasteiger charge is -2.28. The summed E-state index contributed by atoms with van der Waals surface area (Å²) in [5.74, 6) is -0.157. The normalized spacial score (nSPS) is 12.2. The Morgan fingerprint density at radius 1 is 1.05 bits per heavy atom. The van der Waals surface area contributed by atoms with Crippen LogP contribution in [0.15, 0.2) is 81.8 Å². The Morgan fingerprint density at radius 3 is 2.32 bits per heavy atom. The number of halogens is 3. The molecule has 0 bridgehead atoms. The Hall–Kier alpha value is -3.14. The summed E-state index contributed by atoms with van der Waals surface area (Å²) in [5.41, 5.74) is 1.76. The highest BCUT2D eigenvalue weighted by Crippen LogP contribution is 2.39. The van der Waals surface area contributed by atoms with Gasteiger partial charge in [-0.15, -0.1) is 0 Å². The highest BCUT2D eigenvalue weighted by molar-refractivity contribution is 7.98. The molecule has 1 amide bonds. The number of nitrogens with one attached hydrogen (secondary N) is 1. The van der Waals surface area contributed by atoms with E-state index >= 15 is 0 Å². The summed E-state index contributed by atoms with van der Waals surface area (Å²) >= 11 is 14.0. The standard InChI is InChI=1S/C28H27Cl2FN4O6S3/c1-4-33-27(36)41-44(39,40)21-11-5-17(22(29)14-21)16-42-26-34-15-25(35(26)20-9-7-19(31)8-10-20)28(2,3)18-6-12-24(23(30)13-18)43(32,37)38/h5-15H,4,16H2,1-3H3,(H,33,36)(H2,32,37,38). The topological polar surface area (TPSA) is 150 Å². The number of aromatic nitrogens is 2. The van der Waals surface area contributed by atoms with Crippen LogP contribution in [0.5, 0.6) is 0 Å². The fourth-order valence-corrected chi connectivity index (χ4v) is 7.58. The fraction of sp³-hybridized carbons (Fsp3) is 0.214. The molecule has 0 aliphatic heterocycles. The van der Waals surface area contributed by atoms with E-state index in [9.17, 15) is 26.0 Å². The van der Waals surface area contributed by atoms with Gasteiger partial charge in [0.1, 0.15) is 15.6 Å². The number of imidazole rings is 1. The summed E-state index contributed by atoms with van der Waals surface area (Å²) in [4.78, 5) is 15.8. The van der Waals surface area contributed by atoms with Crippen LogP contribution in [0.2, 0.25) is 10.0 Å². The number of hydrogen-bond donors (Lipinski definition) is 2. The van der Waals surface area contributed by atoms with Crippen molar-refractivity contribution in [3.63, 3.8) is 0 Å². The molecule has 0 aliphatic carbocycles. The van der Waals surface area contributed by atoms with E-state index in [4.69, 9.17) is 28.3 Å². The number of thioether (sulfide) groups is 1. The molecule has 0 radical (unpaired) electrons. The number of nitrogens with zero attached hydrogens (tertiary/aromatic N) is 2. The third-order valence-electron chi connectivity index (χ3n) is 6.59. The Kier molecular flexibility index (Phi) is 10.0. The minimum absolute atomic E-state index is 0.0305. The van der Waals surface area contributed by atoms with E-state index in [1.807, 2.05) is 18.4 Å². The van der Waals surface area contributed by atoms with Crippen molar-refractivity contribution in [2.24, 2.45) is 5.14 Å². The van der Waals surface area contributed by atoms with Crippen molar-refractivity contribution in [1.29, 1.82) is 0 Å². The van der Waals surface area contributed by atoms with Crippen LogP contribution in [0.3, 0.4) is 0 Å². The Labute approximate surface area is 268 Å². The van der Waals surface area contributed by atoms with E-state index in [2.05, 4.69) is 14.5 Å². The molecule has 1 heterocycles. The van der Waals surface area contributed by atoms with Crippen LogP contribution in [0, 0.1) is 5.82 Å². The van der Waals surface area contributed by atoms with Gasteiger partial charge < -0.3 is 9.50 Å². The summed E-state index contributed by atoms with van der Waals surface area (Å²) in [6.45, 7) is 5.61. The van der Waals surface area contributed by atoms with Gasteiger partial charge in [-0.25, -0.2) is 27.7 Å². The quantitative estimate of drug-likeness (QED) is 0.151. The smallest absolute Gasteiger partial charge is 0.324 e. The largest absolute Gasteiger partial charge is 0.423 e. The van der Waals surface area contributed by atoms with Gasteiger partial charge in [0.05, 0.1) is 16.9 Å². The molecule has 1 aromatic heterocycles. The van der Waals surface area contributed by atoms with Gasteiger partial charge in [-0.1, -0.05) is 60.9 Å². The van der Waals surface area contributed by atoms with Crippen LogP contribution < -0.4 is 10.5 Å². The molecule has 3 N–H and O–H groups in total. The minimum atomic E-state index is -4.39. The molecule has 0 saturated carbocycles. The average molecular weight is 702 g/mol. The monoisotopic (exact) mass is 700 g/mol. The predicted octanol–water partition coefficient (Wildman–Crippen LogP) is 6.02. The number of sulfonamides is 1. The Balaban J connectivity index is 1.69. The molecule has 0 unspecified atom stereocenters. The van der Waals surface area contributed by atoms with Crippen molar-refractivity contribution in [2.45, 2.75) is 46.9 Å². The molecule has 4 aromatic rings. The number of carbonyl (C=O) groups excluding carboxylic acids is 1. The van der Waals surface area contributed by atoms with E-state index in [1.54, 1.807) is 31.3 Å². The first-order chi connectivity index (χ1) is 20.5. The van der Waals surface area contributed by atoms with Crippen LogP contribution in [0.1, 0.15) is 37.6 Å². The minimum Gasteiger partial charge on any atom is -0.324 e. The highest BCUT2D eigenvalue weighted by Gasteiger charge is 2.31. The maximum Gasteiger partial charge on any atom is 0.423 e. The van der Waals surface area contributed by atoms with Crippen molar-refractivity contribution in [2.75, 3.05) is 6.54 Å². The SMILES string of the molecule is CCNC(=O)OS(=O)(=O)c1ccc(CSc2ncc(C(C)(C)c3ccc(S(N)(=O)=O)c(Cl)c3)n2-c2ccc(F)cc2)c(Cl)c1. The first-order valence-corrected chi connectivity index (χ1v) is 17.5. The summed E-state index contributed by atoms with van der Waals surface area (Å²) < 4.78 is 68.9. The molecule has 4 rings (SSSR count). The lowest BCUT2D eigenvalue weighted by atomic mass is 9.81. The third kappa shape index (κ3) is 7.38. The number of nitrogens with two attached hydrogens (primary N) is 1. The maximum absolute atomic E-state index is 13.9. The van der Waals surface area contributed by atoms with Crippen LogP contribution in [-0.2, 0) is 35.5 Å². The summed E-state index contributed by atoms with van der Waals surface area (Å²) in [6, 6.07) is 14.3. The number of hydrogen-bond acceptors (Lipinski definition) is 8. The van der Waals surface area contributed by atoms with Gasteiger partial charge in [0, 0.05) is 28.4 Å². The zero-order valence-corrected chi connectivity index (χ0v) is 27.5. The number of primary sulfonamides is 1. The molecule has 0 aliphatic rings. The Bertz CT molecular complexity index is 1930. The molecule has 16 heteroatoms. The molecule has 44 heavy (non-hydrogen) atoms. The van der Waals surface area contributed by atoms with Crippen molar-refractivity contribution >= 4 is 61.2 Å². The first kappa shape index (κ1) is 33.7. The predicted molar refractivity (Wildman–Crippen MR) is 167 cm³/mol. The average Bonchev–Trinajstić information content (AvgIpc) is 3.36. The molecule has 0 saturated heterocycles. The first-order valence-electron chi connectivity index (χ1n) is 12.8. The zero-order chi connectivity index (χ0) is 32.4. The van der Waals surface area contributed by atoms with Crippen molar-refractivity contribution in [3.8, 4) is 5.69 Å². The number of carbonyl (C=O) groups is 1. The molecule has 0 atom stereocenters. The number of benzene rings is 3. The van der Waals surface area contributed by atoms with Gasteiger partial charge in [0.2, 0.25) is 10.0 Å². The lowest BCUT2D eigenvalue weighted by molar-refractivity contribution is 0.203. The van der Waals surface area contributed by atoms with Crippen molar-refractivity contribution in [3.05, 3.63) is 99.5 Å². The zero-order valence-electron chi connectivity index (χ0n) is 23.5. The van der Waals surface area contributed by atoms with E-state index < -0.39 is 37.5 Å². The Morgan fingerprint density at radius 2 is 1.73 bits per heavy atom. The highest BCUT2D eigenvalue weighted by atomic mass is 35.5. The second-order valence-corrected chi connectivity index (χ2v) is 14.8. The van der Waals surface area contributed by atoms with Crippen LogP contribution in [-0.4, -0.2) is 39.0 Å². The maximum atomic E-state index is 13.9. The molecular weight excluding hydrogens is 674 g/mol. The van der Waals surface area contributed by atoms with E-state index in [0.717, 1.165) is 0 Å². The van der Waals surface area contributed by atoms with E-state index in [0.29, 0.717) is 27.7 Å². The van der Waals surface area contributed by atoms with E-state index in [1.165, 1.54) is 54.2 Å². The van der Waals surface area contributed by atoms with Gasteiger partial charge in [0.25, 0.3) is 0 Å². The molecular formula is C28H27Cl2FN4O6S3. The molecule has 234 valence electrons. The second kappa shape index (κ2) is 13.1. The summed E-state index contributed by atoms with van der Waals surface area (Å²) in [6.07, 6.45) is 0.556. The lowest BCUT2D eigenvalue weighted by Crippen LogP contribution is -2.26. The number of amides is 1. The van der Waals surface area contributed by atoms with Crippen LogP contribution in [0.4, 0.5) is 9.18 Å². The van der Waals surface area contributed by atoms with Crippen LogP contribution in [0.25, 0.3) is 5.69 Å². The molecule has 0 spiro atoms. The summed E-state index contributed by atoms with van der Waals surface area (Å²) in [7, 11) is -8.41. The fourth-order valence-electron chi connectivity index (χ4n) is 4.25. The van der Waals surface area contributed by atoms with Gasteiger partial charge >= 0.3 is 16.2 Å².